The van der Waals surface area contributed by atoms with Crippen LogP contribution in [0.4, 0.5) is 0 Å². The predicted octanol–water partition coefficient (Wildman–Crippen LogP) is 2.19. The Hall–Kier alpha value is -0.900. The maximum absolute atomic E-state index is 5.34. The maximum atomic E-state index is 5.34. The van der Waals surface area contributed by atoms with Gasteiger partial charge in [-0.15, -0.1) is 0 Å². The third kappa shape index (κ3) is 3.22. The average molecular weight is 274 g/mol. The highest BCUT2D eigenvalue weighted by atomic mass is 16.5. The van der Waals surface area contributed by atoms with E-state index in [2.05, 4.69) is 28.4 Å². The number of hydrogen-bond donors (Lipinski definition) is 1. The molecule has 3 heteroatoms. The third-order valence-corrected chi connectivity index (χ3v) is 4.64. The molecular weight excluding hydrogens is 248 g/mol. The van der Waals surface area contributed by atoms with Crippen LogP contribution in [0.25, 0.3) is 0 Å². The SMILES string of the molecule is COCC1CCCN(Cc2cccc3c2CCNC3)C1. The van der Waals surface area contributed by atoms with E-state index >= 15 is 0 Å². The van der Waals surface area contributed by atoms with Crippen LogP contribution in [0.2, 0.25) is 0 Å². The van der Waals surface area contributed by atoms with Gasteiger partial charge in [-0.05, 0) is 55.0 Å². The Balaban J connectivity index is 1.68. The van der Waals surface area contributed by atoms with Crippen molar-refractivity contribution in [2.45, 2.75) is 32.4 Å². The smallest absolute Gasteiger partial charge is 0.0502 e. The normalized spacial score (nSPS) is 23.6. The zero-order valence-corrected chi connectivity index (χ0v) is 12.5. The summed E-state index contributed by atoms with van der Waals surface area (Å²) in [4.78, 5) is 2.62. The van der Waals surface area contributed by atoms with Crippen LogP contribution in [0.3, 0.4) is 0 Å². The molecule has 1 N–H and O–H groups in total. The number of fused-ring (bicyclic) bond motifs is 1. The summed E-state index contributed by atoms with van der Waals surface area (Å²) in [7, 11) is 1.82. The minimum atomic E-state index is 0.718. The maximum Gasteiger partial charge on any atom is 0.0502 e. The van der Waals surface area contributed by atoms with E-state index in [1.165, 1.54) is 37.9 Å². The number of likely N-dealkylation sites (tertiary alicyclic amines) is 1. The van der Waals surface area contributed by atoms with Gasteiger partial charge in [0.25, 0.3) is 0 Å². The van der Waals surface area contributed by atoms with Crippen LogP contribution in [0.1, 0.15) is 29.5 Å². The van der Waals surface area contributed by atoms with Crippen molar-refractivity contribution in [1.82, 2.24) is 10.2 Å². The third-order valence-electron chi connectivity index (χ3n) is 4.64. The molecule has 1 aromatic carbocycles. The lowest BCUT2D eigenvalue weighted by Crippen LogP contribution is -2.37. The highest BCUT2D eigenvalue weighted by molar-refractivity contribution is 5.37. The Morgan fingerprint density at radius 2 is 2.35 bits per heavy atom. The van der Waals surface area contributed by atoms with Crippen molar-refractivity contribution < 1.29 is 4.74 Å². The van der Waals surface area contributed by atoms with Gasteiger partial charge in [-0.3, -0.25) is 4.90 Å². The summed E-state index contributed by atoms with van der Waals surface area (Å²) >= 11 is 0. The lowest BCUT2D eigenvalue weighted by molar-refractivity contribution is 0.0872. The van der Waals surface area contributed by atoms with E-state index in [0.717, 1.165) is 32.2 Å². The minimum Gasteiger partial charge on any atom is -0.384 e. The molecule has 0 aliphatic carbocycles. The first-order chi connectivity index (χ1) is 9.86. The van der Waals surface area contributed by atoms with E-state index in [9.17, 15) is 0 Å². The summed E-state index contributed by atoms with van der Waals surface area (Å²) in [5.74, 6) is 0.718. The van der Waals surface area contributed by atoms with Gasteiger partial charge in [-0.2, -0.15) is 0 Å². The van der Waals surface area contributed by atoms with Crippen LogP contribution in [0, 0.1) is 5.92 Å². The topological polar surface area (TPSA) is 24.5 Å². The Kier molecular flexibility index (Phi) is 4.71. The summed E-state index contributed by atoms with van der Waals surface area (Å²) < 4.78 is 5.34. The molecule has 0 bridgehead atoms. The molecule has 1 fully saturated rings. The van der Waals surface area contributed by atoms with Crippen LogP contribution in [-0.2, 0) is 24.2 Å². The molecule has 0 radical (unpaired) electrons. The minimum absolute atomic E-state index is 0.718. The van der Waals surface area contributed by atoms with E-state index in [1.807, 2.05) is 7.11 Å². The summed E-state index contributed by atoms with van der Waals surface area (Å²) in [6.07, 6.45) is 3.81. The summed E-state index contributed by atoms with van der Waals surface area (Å²) in [6, 6.07) is 6.82. The molecule has 3 rings (SSSR count). The van der Waals surface area contributed by atoms with Gasteiger partial charge in [0.15, 0.2) is 0 Å². The zero-order valence-electron chi connectivity index (χ0n) is 12.5. The standard InChI is InChI=1S/C17H26N2O/c1-20-13-14-4-3-9-19(11-14)12-16-6-2-5-15-10-18-8-7-17(15)16/h2,5-6,14,18H,3-4,7-13H2,1H3. The molecule has 0 saturated carbocycles. The average Bonchev–Trinajstić information content (AvgIpc) is 2.48. The summed E-state index contributed by atoms with van der Waals surface area (Å²) in [5.41, 5.74) is 4.64. The summed E-state index contributed by atoms with van der Waals surface area (Å²) in [6.45, 7) is 6.61. The number of ether oxygens (including phenoxy) is 1. The molecular formula is C17H26N2O. The summed E-state index contributed by atoms with van der Waals surface area (Å²) in [5, 5.41) is 3.47. The van der Waals surface area contributed by atoms with Gasteiger partial charge in [0.2, 0.25) is 0 Å². The monoisotopic (exact) mass is 274 g/mol. The van der Waals surface area contributed by atoms with Crippen LogP contribution < -0.4 is 5.32 Å². The van der Waals surface area contributed by atoms with Crippen LogP contribution >= 0.6 is 0 Å². The van der Waals surface area contributed by atoms with Gasteiger partial charge < -0.3 is 10.1 Å². The molecule has 3 nitrogen and oxygen atoms in total. The second kappa shape index (κ2) is 6.70. The first-order valence-electron chi connectivity index (χ1n) is 7.88. The van der Waals surface area contributed by atoms with Crippen LogP contribution in [-0.4, -0.2) is 38.3 Å². The van der Waals surface area contributed by atoms with Crippen molar-refractivity contribution in [1.29, 1.82) is 0 Å². The number of benzene rings is 1. The van der Waals surface area contributed by atoms with Gasteiger partial charge in [0, 0.05) is 26.7 Å². The van der Waals surface area contributed by atoms with Gasteiger partial charge in [-0.1, -0.05) is 18.2 Å². The fourth-order valence-electron chi connectivity index (χ4n) is 3.67. The number of rotatable bonds is 4. The molecule has 20 heavy (non-hydrogen) atoms. The predicted molar refractivity (Wildman–Crippen MR) is 81.7 cm³/mol. The number of nitrogens with zero attached hydrogens (tertiary/aromatic N) is 1. The van der Waals surface area contributed by atoms with E-state index in [4.69, 9.17) is 4.74 Å². The number of nitrogens with one attached hydrogen (secondary N) is 1. The molecule has 2 heterocycles. The van der Waals surface area contributed by atoms with Gasteiger partial charge >= 0.3 is 0 Å². The van der Waals surface area contributed by atoms with E-state index in [0.29, 0.717) is 0 Å². The number of hydrogen-bond acceptors (Lipinski definition) is 3. The second-order valence-electron chi connectivity index (χ2n) is 6.18. The molecule has 2 aliphatic heterocycles. The highest BCUT2D eigenvalue weighted by Crippen LogP contribution is 2.23. The van der Waals surface area contributed by atoms with Crippen molar-refractivity contribution in [3.8, 4) is 0 Å². The lowest BCUT2D eigenvalue weighted by Gasteiger charge is -2.33. The number of methoxy groups -OCH3 is 1. The van der Waals surface area contributed by atoms with Gasteiger partial charge in [0.1, 0.15) is 0 Å². The van der Waals surface area contributed by atoms with Gasteiger partial charge in [-0.25, -0.2) is 0 Å². The Morgan fingerprint density at radius 3 is 3.25 bits per heavy atom. The second-order valence-corrected chi connectivity index (χ2v) is 6.18. The Bertz CT molecular complexity index is 445. The van der Waals surface area contributed by atoms with E-state index < -0.39 is 0 Å². The molecule has 0 aromatic heterocycles. The first-order valence-corrected chi connectivity index (χ1v) is 7.88. The lowest BCUT2D eigenvalue weighted by atomic mass is 9.93. The van der Waals surface area contributed by atoms with Crippen molar-refractivity contribution in [2.75, 3.05) is 33.4 Å². The van der Waals surface area contributed by atoms with E-state index in [1.54, 1.807) is 11.1 Å². The molecule has 2 aliphatic rings. The molecule has 110 valence electrons. The largest absolute Gasteiger partial charge is 0.384 e. The quantitative estimate of drug-likeness (QED) is 0.911. The molecule has 1 aromatic rings. The van der Waals surface area contributed by atoms with Crippen molar-refractivity contribution in [3.63, 3.8) is 0 Å². The molecule has 0 amide bonds. The van der Waals surface area contributed by atoms with Crippen molar-refractivity contribution in [3.05, 3.63) is 34.9 Å². The zero-order chi connectivity index (χ0) is 13.8. The van der Waals surface area contributed by atoms with Crippen molar-refractivity contribution in [2.24, 2.45) is 5.92 Å². The van der Waals surface area contributed by atoms with Gasteiger partial charge in [0.05, 0.1) is 6.61 Å². The molecule has 1 saturated heterocycles. The molecule has 1 unspecified atom stereocenters. The fourth-order valence-corrected chi connectivity index (χ4v) is 3.67. The fraction of sp³-hybridized carbons (Fsp3) is 0.647. The molecule has 0 spiro atoms. The Morgan fingerprint density at radius 1 is 1.40 bits per heavy atom. The van der Waals surface area contributed by atoms with Crippen LogP contribution in [0.15, 0.2) is 18.2 Å². The molecule has 1 atom stereocenters. The highest BCUT2D eigenvalue weighted by Gasteiger charge is 2.21. The van der Waals surface area contributed by atoms with Crippen molar-refractivity contribution >= 4 is 0 Å². The number of piperidine rings is 1. The van der Waals surface area contributed by atoms with Crippen LogP contribution in [0.5, 0.6) is 0 Å². The Labute approximate surface area is 122 Å². The van der Waals surface area contributed by atoms with E-state index in [-0.39, 0.29) is 0 Å². The first kappa shape index (κ1) is 14.1.